The molecule has 0 spiro atoms. The van der Waals surface area contributed by atoms with Crippen LogP contribution < -0.4 is 5.32 Å². The molecule has 1 saturated heterocycles. The number of aromatic nitrogens is 2. The molecule has 4 rings (SSSR count). The van der Waals surface area contributed by atoms with E-state index in [1.165, 1.54) is 10.4 Å². The first-order valence-electron chi connectivity index (χ1n) is 9.70. The van der Waals surface area contributed by atoms with E-state index in [1.807, 2.05) is 5.38 Å². The van der Waals surface area contributed by atoms with Gasteiger partial charge < -0.3 is 10.2 Å². The maximum atomic E-state index is 12.5. The SMILES string of the molecule is Cc1cc(NC(=O)CCC(=O)N2CCc3sccc3C2)n([C@H]2CCS(=O)(=O)C2)n1. The van der Waals surface area contributed by atoms with Crippen LogP contribution in [0.1, 0.15) is 41.4 Å². The van der Waals surface area contributed by atoms with Gasteiger partial charge in [0.15, 0.2) is 9.84 Å². The number of amides is 2. The van der Waals surface area contributed by atoms with Gasteiger partial charge in [-0.25, -0.2) is 13.1 Å². The summed E-state index contributed by atoms with van der Waals surface area (Å²) in [5.74, 6) is 0.370. The zero-order valence-corrected chi connectivity index (χ0v) is 17.9. The second-order valence-electron chi connectivity index (χ2n) is 7.65. The first-order chi connectivity index (χ1) is 13.8. The summed E-state index contributed by atoms with van der Waals surface area (Å²) in [7, 11) is -3.05. The third kappa shape index (κ3) is 4.53. The quantitative estimate of drug-likeness (QED) is 0.772. The molecule has 8 nitrogen and oxygen atoms in total. The summed E-state index contributed by atoms with van der Waals surface area (Å²) in [5.41, 5.74) is 1.91. The monoisotopic (exact) mass is 436 g/mol. The Balaban J connectivity index is 1.33. The van der Waals surface area contributed by atoms with E-state index in [9.17, 15) is 18.0 Å². The number of anilines is 1. The minimum Gasteiger partial charge on any atom is -0.338 e. The number of thiophene rings is 1. The Morgan fingerprint density at radius 3 is 2.93 bits per heavy atom. The van der Waals surface area contributed by atoms with E-state index >= 15 is 0 Å². The topological polar surface area (TPSA) is 101 Å². The van der Waals surface area contributed by atoms with E-state index in [2.05, 4.69) is 16.5 Å². The summed E-state index contributed by atoms with van der Waals surface area (Å²) in [5, 5.41) is 9.21. The smallest absolute Gasteiger partial charge is 0.226 e. The van der Waals surface area contributed by atoms with Crippen molar-refractivity contribution in [3.8, 4) is 0 Å². The molecule has 2 aromatic rings. The van der Waals surface area contributed by atoms with Gasteiger partial charge >= 0.3 is 0 Å². The standard InChI is InChI=1S/C19H24N4O4S2/c1-13-10-17(23(21-13)15-6-9-29(26,27)12-15)20-18(24)2-3-19(25)22-7-4-16-14(11-22)5-8-28-16/h5,8,10,15H,2-4,6-7,9,11-12H2,1H3,(H,20,24)/t15-/m0/s1. The fraction of sp³-hybridized carbons (Fsp3) is 0.526. The third-order valence-corrected chi connectivity index (χ3v) is 8.18. The maximum Gasteiger partial charge on any atom is 0.226 e. The summed E-state index contributed by atoms with van der Waals surface area (Å²) >= 11 is 1.72. The average molecular weight is 437 g/mol. The highest BCUT2D eigenvalue weighted by Gasteiger charge is 2.31. The Bertz CT molecular complexity index is 1040. The van der Waals surface area contributed by atoms with E-state index in [0.29, 0.717) is 31.0 Å². The van der Waals surface area contributed by atoms with Gasteiger partial charge in [0.1, 0.15) is 5.82 Å². The number of sulfone groups is 1. The van der Waals surface area contributed by atoms with Crippen LogP contribution in [0, 0.1) is 6.92 Å². The van der Waals surface area contributed by atoms with Gasteiger partial charge in [-0.05, 0) is 36.8 Å². The van der Waals surface area contributed by atoms with Crippen molar-refractivity contribution in [1.29, 1.82) is 0 Å². The van der Waals surface area contributed by atoms with Crippen molar-refractivity contribution >= 4 is 38.8 Å². The minimum atomic E-state index is -3.05. The molecule has 0 radical (unpaired) electrons. The molecule has 29 heavy (non-hydrogen) atoms. The molecule has 0 saturated carbocycles. The molecule has 2 amide bonds. The average Bonchev–Trinajstić information content (AvgIpc) is 3.37. The molecule has 1 fully saturated rings. The highest BCUT2D eigenvalue weighted by molar-refractivity contribution is 7.91. The molecular formula is C19H24N4O4S2. The van der Waals surface area contributed by atoms with Crippen LogP contribution >= 0.6 is 11.3 Å². The van der Waals surface area contributed by atoms with Gasteiger partial charge in [-0.15, -0.1) is 11.3 Å². The van der Waals surface area contributed by atoms with E-state index in [0.717, 1.165) is 6.42 Å². The largest absolute Gasteiger partial charge is 0.338 e. The third-order valence-electron chi connectivity index (χ3n) is 5.41. The Morgan fingerprint density at radius 1 is 1.34 bits per heavy atom. The number of fused-ring (bicyclic) bond motifs is 1. The Kier molecular flexibility index (Phi) is 5.48. The van der Waals surface area contributed by atoms with Crippen LogP contribution in [0.15, 0.2) is 17.5 Å². The normalized spacial score (nSPS) is 20.4. The van der Waals surface area contributed by atoms with Crippen LogP contribution in [0.5, 0.6) is 0 Å². The molecule has 0 bridgehead atoms. The van der Waals surface area contributed by atoms with Gasteiger partial charge in [0, 0.05) is 36.9 Å². The lowest BCUT2D eigenvalue weighted by Gasteiger charge is -2.27. The summed E-state index contributed by atoms with van der Waals surface area (Å²) in [6.07, 6.45) is 1.59. The zero-order valence-electron chi connectivity index (χ0n) is 16.3. The van der Waals surface area contributed by atoms with Crippen molar-refractivity contribution in [3.63, 3.8) is 0 Å². The van der Waals surface area contributed by atoms with E-state index in [-0.39, 0.29) is 42.2 Å². The number of hydrogen-bond acceptors (Lipinski definition) is 6. The predicted molar refractivity (Wildman–Crippen MR) is 111 cm³/mol. The molecule has 2 aliphatic rings. The van der Waals surface area contributed by atoms with E-state index in [4.69, 9.17) is 0 Å². The Morgan fingerprint density at radius 2 is 2.17 bits per heavy atom. The molecule has 2 aromatic heterocycles. The minimum absolute atomic E-state index is 0.0245. The highest BCUT2D eigenvalue weighted by atomic mass is 32.2. The summed E-state index contributed by atoms with van der Waals surface area (Å²) in [4.78, 5) is 28.1. The summed E-state index contributed by atoms with van der Waals surface area (Å²) in [6, 6.07) is 3.52. The van der Waals surface area contributed by atoms with Gasteiger partial charge in [-0.1, -0.05) is 0 Å². The number of carbonyl (C=O) groups excluding carboxylic acids is 2. The number of aryl methyl sites for hydroxylation is 1. The fourth-order valence-electron chi connectivity index (χ4n) is 3.90. The first-order valence-corrected chi connectivity index (χ1v) is 12.4. The molecule has 0 unspecified atom stereocenters. The van der Waals surface area contributed by atoms with Gasteiger partial charge in [0.2, 0.25) is 11.8 Å². The summed E-state index contributed by atoms with van der Waals surface area (Å²) < 4.78 is 25.1. The molecule has 4 heterocycles. The van der Waals surface area contributed by atoms with Crippen molar-refractivity contribution in [2.75, 3.05) is 23.4 Å². The zero-order chi connectivity index (χ0) is 20.6. The molecule has 1 N–H and O–H groups in total. The number of hydrogen-bond donors (Lipinski definition) is 1. The highest BCUT2D eigenvalue weighted by Crippen LogP contribution is 2.27. The molecule has 0 aliphatic carbocycles. The van der Waals surface area contributed by atoms with Crippen LogP contribution in [-0.4, -0.2) is 53.0 Å². The lowest BCUT2D eigenvalue weighted by atomic mass is 10.1. The molecule has 10 heteroatoms. The predicted octanol–water partition coefficient (Wildman–Crippen LogP) is 1.92. The van der Waals surface area contributed by atoms with Crippen molar-refractivity contribution in [3.05, 3.63) is 33.6 Å². The van der Waals surface area contributed by atoms with Gasteiger partial charge in [0.25, 0.3) is 0 Å². The lowest BCUT2D eigenvalue weighted by molar-refractivity contribution is -0.133. The number of nitrogens with one attached hydrogen (secondary N) is 1. The molecule has 1 atom stereocenters. The van der Waals surface area contributed by atoms with Crippen LogP contribution in [0.3, 0.4) is 0 Å². The van der Waals surface area contributed by atoms with Gasteiger partial charge in [-0.2, -0.15) is 5.10 Å². The van der Waals surface area contributed by atoms with Crippen LogP contribution in [-0.2, 0) is 32.4 Å². The second-order valence-corrected chi connectivity index (χ2v) is 10.9. The Hall–Kier alpha value is -2.20. The van der Waals surface area contributed by atoms with Crippen molar-refractivity contribution in [2.45, 2.75) is 45.2 Å². The number of rotatable bonds is 5. The van der Waals surface area contributed by atoms with Crippen LogP contribution in [0.4, 0.5) is 5.82 Å². The van der Waals surface area contributed by atoms with Gasteiger partial charge in [-0.3, -0.25) is 9.59 Å². The Labute approximate surface area is 173 Å². The van der Waals surface area contributed by atoms with E-state index in [1.54, 1.807) is 33.9 Å². The molecule has 2 aliphatic heterocycles. The van der Waals surface area contributed by atoms with Gasteiger partial charge in [0.05, 0.1) is 23.2 Å². The van der Waals surface area contributed by atoms with E-state index < -0.39 is 9.84 Å². The van der Waals surface area contributed by atoms with Crippen molar-refractivity contribution in [2.24, 2.45) is 0 Å². The van der Waals surface area contributed by atoms with Crippen LogP contribution in [0.25, 0.3) is 0 Å². The number of carbonyl (C=O) groups is 2. The van der Waals surface area contributed by atoms with Crippen molar-refractivity contribution in [1.82, 2.24) is 14.7 Å². The number of nitrogens with zero attached hydrogens (tertiary/aromatic N) is 3. The molecular weight excluding hydrogens is 412 g/mol. The first kappa shape index (κ1) is 20.1. The van der Waals surface area contributed by atoms with Crippen molar-refractivity contribution < 1.29 is 18.0 Å². The fourth-order valence-corrected chi connectivity index (χ4v) is 6.48. The molecule has 0 aromatic carbocycles. The molecule has 156 valence electrons. The second kappa shape index (κ2) is 7.91. The summed E-state index contributed by atoms with van der Waals surface area (Å²) in [6.45, 7) is 3.10. The lowest BCUT2D eigenvalue weighted by Crippen LogP contribution is -2.35. The maximum absolute atomic E-state index is 12.5. The van der Waals surface area contributed by atoms with Crippen LogP contribution in [0.2, 0.25) is 0 Å².